The first-order chi connectivity index (χ1) is 15.5. The summed E-state index contributed by atoms with van der Waals surface area (Å²) < 4.78 is 46.8. The van der Waals surface area contributed by atoms with Gasteiger partial charge < -0.3 is 50.5 Å². The number of aliphatic hydroxyl groups excluding tert-OH is 6. The van der Waals surface area contributed by atoms with Crippen molar-refractivity contribution in [3.05, 3.63) is 0 Å². The first-order valence-corrected chi connectivity index (χ1v) is 11.4. The van der Waals surface area contributed by atoms with E-state index in [4.69, 9.17) is 14.0 Å². The van der Waals surface area contributed by atoms with E-state index in [2.05, 4.69) is 9.50 Å². The van der Waals surface area contributed by atoms with Crippen molar-refractivity contribution in [1.82, 2.24) is 5.32 Å². The van der Waals surface area contributed by atoms with E-state index in [0.717, 1.165) is 6.92 Å². The first-order valence-electron chi connectivity index (χ1n) is 9.99. The molecular weight excluding hydrogens is 490 g/mol. The average molecular weight is 521 g/mol. The van der Waals surface area contributed by atoms with Crippen LogP contribution in [0, 0.1) is 5.92 Å². The van der Waals surface area contributed by atoms with E-state index in [9.17, 15) is 53.8 Å². The second-order valence-electron chi connectivity index (χ2n) is 8.04. The van der Waals surface area contributed by atoms with Crippen molar-refractivity contribution in [2.24, 2.45) is 5.92 Å². The highest BCUT2D eigenvalue weighted by Crippen LogP contribution is 2.28. The van der Waals surface area contributed by atoms with Gasteiger partial charge in [0.1, 0.15) is 36.6 Å². The number of carboxylic acids is 1. The molecule has 1 heterocycles. The van der Waals surface area contributed by atoms with Gasteiger partial charge in [0.05, 0.1) is 18.8 Å². The van der Waals surface area contributed by atoms with E-state index in [1.165, 1.54) is 13.8 Å². The molecule has 1 amide bonds. The average Bonchev–Trinajstić information content (AvgIpc) is 2.72. The third-order valence-electron chi connectivity index (χ3n) is 5.00. The number of ether oxygens (including phenoxy) is 2. The monoisotopic (exact) mass is 521 g/mol. The van der Waals surface area contributed by atoms with Gasteiger partial charge in [0.15, 0.2) is 12.4 Å². The summed E-state index contributed by atoms with van der Waals surface area (Å²) in [5, 5.41) is 71.7. The summed E-state index contributed by atoms with van der Waals surface area (Å²) in [6.45, 7) is 2.77. The van der Waals surface area contributed by atoms with Crippen LogP contribution in [0.4, 0.5) is 0 Å². The molecule has 0 aromatic carbocycles. The highest BCUT2D eigenvalue weighted by molar-refractivity contribution is 7.80. The van der Waals surface area contributed by atoms with Crippen molar-refractivity contribution >= 4 is 22.3 Å². The molecule has 1 saturated heterocycles. The van der Waals surface area contributed by atoms with Crippen LogP contribution in [0.1, 0.15) is 20.8 Å². The number of hydrogen-bond donors (Lipinski definition) is 9. The van der Waals surface area contributed by atoms with Gasteiger partial charge in [0.25, 0.3) is 0 Å². The predicted octanol–water partition coefficient (Wildman–Crippen LogP) is -4.67. The van der Waals surface area contributed by atoms with Gasteiger partial charge >= 0.3 is 16.4 Å². The Morgan fingerprint density at radius 2 is 1.62 bits per heavy atom. The number of rotatable bonds is 12. The number of aliphatic carboxylic acids is 1. The Hall–Kier alpha value is -1.51. The van der Waals surface area contributed by atoms with E-state index < -0.39 is 96.0 Å². The fourth-order valence-electron chi connectivity index (χ4n) is 3.28. The summed E-state index contributed by atoms with van der Waals surface area (Å²) in [5.41, 5.74) is 0. The third kappa shape index (κ3) is 8.02. The molecule has 17 heteroatoms. The Morgan fingerprint density at radius 3 is 2.03 bits per heavy atom. The van der Waals surface area contributed by atoms with Crippen LogP contribution in [0.3, 0.4) is 0 Å². The molecule has 0 aromatic heterocycles. The molecule has 1 fully saturated rings. The van der Waals surface area contributed by atoms with Crippen LogP contribution in [0.25, 0.3) is 0 Å². The molecule has 200 valence electrons. The molecule has 0 spiro atoms. The van der Waals surface area contributed by atoms with Crippen molar-refractivity contribution in [2.45, 2.75) is 81.9 Å². The van der Waals surface area contributed by atoms with Crippen molar-refractivity contribution in [1.29, 1.82) is 0 Å². The van der Waals surface area contributed by atoms with Gasteiger partial charge in [-0.2, -0.15) is 8.42 Å². The maximum Gasteiger partial charge on any atom is 0.397 e. The SMILES string of the molecule is CC(=O)NC(C(OC1OC(C(=O)O)C(O)C(O)C1O)C(OS(=O)(=O)O)C(O)CO)[C@@H](O)C(C)C. The molecule has 0 saturated carbocycles. The van der Waals surface area contributed by atoms with E-state index in [1.54, 1.807) is 0 Å². The molecule has 0 aromatic rings. The van der Waals surface area contributed by atoms with E-state index in [0.29, 0.717) is 0 Å². The van der Waals surface area contributed by atoms with Crippen molar-refractivity contribution in [2.75, 3.05) is 6.61 Å². The Labute approximate surface area is 194 Å². The van der Waals surface area contributed by atoms with Crippen LogP contribution >= 0.6 is 0 Å². The van der Waals surface area contributed by atoms with Crippen molar-refractivity contribution in [3.8, 4) is 0 Å². The van der Waals surface area contributed by atoms with Gasteiger partial charge in [-0.25, -0.2) is 8.98 Å². The lowest BCUT2D eigenvalue weighted by Gasteiger charge is -2.43. The summed E-state index contributed by atoms with van der Waals surface area (Å²) >= 11 is 0. The van der Waals surface area contributed by atoms with Crippen LogP contribution in [0.5, 0.6) is 0 Å². The lowest BCUT2D eigenvalue weighted by atomic mass is 9.90. The number of aliphatic hydroxyl groups is 6. The van der Waals surface area contributed by atoms with Crippen LogP contribution in [-0.2, 0) is 33.6 Å². The van der Waals surface area contributed by atoms with Crippen molar-refractivity contribution in [3.63, 3.8) is 0 Å². The Balaban J connectivity index is 3.57. The Bertz CT molecular complexity index is 792. The molecule has 34 heavy (non-hydrogen) atoms. The molecular formula is C17H31NO15S. The highest BCUT2D eigenvalue weighted by atomic mass is 32.3. The van der Waals surface area contributed by atoms with Gasteiger partial charge in [0.2, 0.25) is 5.91 Å². The summed E-state index contributed by atoms with van der Waals surface area (Å²) in [6.07, 6.45) is -18.7. The summed E-state index contributed by atoms with van der Waals surface area (Å²) in [4.78, 5) is 23.2. The number of carboxylic acid groups (broad SMARTS) is 1. The summed E-state index contributed by atoms with van der Waals surface area (Å²) in [6, 6.07) is -1.67. The van der Waals surface area contributed by atoms with E-state index in [-0.39, 0.29) is 0 Å². The van der Waals surface area contributed by atoms with Crippen molar-refractivity contribution < 1.29 is 72.0 Å². The second-order valence-corrected chi connectivity index (χ2v) is 9.08. The number of carbonyl (C=O) groups excluding carboxylic acids is 1. The Kier molecular flexibility index (Phi) is 11.2. The Morgan fingerprint density at radius 1 is 1.06 bits per heavy atom. The lowest BCUT2D eigenvalue weighted by molar-refractivity contribution is -0.316. The highest BCUT2D eigenvalue weighted by Gasteiger charge is 2.51. The number of amides is 1. The molecule has 16 nitrogen and oxygen atoms in total. The number of carbonyl (C=O) groups is 2. The molecule has 0 radical (unpaired) electrons. The van der Waals surface area contributed by atoms with Crippen LogP contribution in [0.2, 0.25) is 0 Å². The molecule has 1 rings (SSSR count). The smallest absolute Gasteiger partial charge is 0.397 e. The number of nitrogens with one attached hydrogen (secondary N) is 1. The van der Waals surface area contributed by atoms with Crippen LogP contribution < -0.4 is 5.32 Å². The van der Waals surface area contributed by atoms with Gasteiger partial charge in [-0.1, -0.05) is 13.8 Å². The zero-order chi connectivity index (χ0) is 26.5. The topological polar surface area (TPSA) is 270 Å². The largest absolute Gasteiger partial charge is 0.479 e. The number of hydrogen-bond acceptors (Lipinski definition) is 13. The summed E-state index contributed by atoms with van der Waals surface area (Å²) in [7, 11) is -5.36. The minimum Gasteiger partial charge on any atom is -0.479 e. The maximum absolute atomic E-state index is 11.8. The minimum absolute atomic E-state index is 0.669. The summed E-state index contributed by atoms with van der Waals surface area (Å²) in [5.74, 6) is -3.24. The minimum atomic E-state index is -5.36. The normalized spacial score (nSPS) is 30.3. The molecule has 1 aliphatic heterocycles. The molecule has 1 aliphatic rings. The van der Waals surface area contributed by atoms with E-state index in [1.807, 2.05) is 0 Å². The van der Waals surface area contributed by atoms with Crippen LogP contribution in [0.15, 0.2) is 0 Å². The quantitative estimate of drug-likeness (QED) is 0.109. The molecule has 0 bridgehead atoms. The lowest BCUT2D eigenvalue weighted by Crippen LogP contribution is -2.65. The molecule has 9 unspecified atom stereocenters. The predicted molar refractivity (Wildman–Crippen MR) is 107 cm³/mol. The standard InChI is InChI=1S/C17H31NO15S/c1-5(2)9(22)8(18-6(3)20)14(13(7(21)4-19)33-34(28,29)30)31-17-12(25)10(23)11(24)15(32-17)16(26)27/h5,7-15,17,19,21-25H,4H2,1-3H3,(H,18,20)(H,26,27)(H,28,29,30)/t7?,8?,9-,10?,11?,12?,13?,14?,15?,17?/m0/s1. The molecule has 10 atom stereocenters. The fraction of sp³-hybridized carbons (Fsp3) is 0.882. The van der Waals surface area contributed by atoms with E-state index >= 15 is 0 Å². The first kappa shape index (κ1) is 30.5. The van der Waals surface area contributed by atoms with Crippen LogP contribution in [-0.4, -0.2) is 128 Å². The molecule has 9 N–H and O–H groups in total. The van der Waals surface area contributed by atoms with Gasteiger partial charge in [-0.15, -0.1) is 0 Å². The molecule has 0 aliphatic carbocycles. The zero-order valence-electron chi connectivity index (χ0n) is 18.4. The van der Waals surface area contributed by atoms with Gasteiger partial charge in [-0.3, -0.25) is 9.35 Å². The fourth-order valence-corrected chi connectivity index (χ4v) is 3.80. The maximum atomic E-state index is 11.8. The van der Waals surface area contributed by atoms with Gasteiger partial charge in [-0.05, 0) is 5.92 Å². The second kappa shape index (κ2) is 12.5. The van der Waals surface area contributed by atoms with Gasteiger partial charge in [0, 0.05) is 6.92 Å². The third-order valence-corrected chi connectivity index (χ3v) is 5.47. The zero-order valence-corrected chi connectivity index (χ0v) is 19.2.